The van der Waals surface area contributed by atoms with Crippen molar-refractivity contribution in [2.75, 3.05) is 7.11 Å². The average Bonchev–Trinajstić information content (AvgIpc) is 2.68. The van der Waals surface area contributed by atoms with Crippen molar-refractivity contribution in [1.29, 1.82) is 0 Å². The number of aromatic nitrogens is 1. The first kappa shape index (κ1) is 12.2. The van der Waals surface area contributed by atoms with Gasteiger partial charge in [0.1, 0.15) is 0 Å². The van der Waals surface area contributed by atoms with Gasteiger partial charge in [0.05, 0.1) is 12.8 Å². The van der Waals surface area contributed by atoms with Gasteiger partial charge in [0, 0.05) is 25.2 Å². The van der Waals surface area contributed by atoms with Crippen LogP contribution in [-0.4, -0.2) is 23.4 Å². The van der Waals surface area contributed by atoms with Gasteiger partial charge in [0.15, 0.2) is 5.78 Å². The van der Waals surface area contributed by atoms with Gasteiger partial charge < -0.3 is 9.30 Å². The average molecular weight is 221 g/mol. The first-order valence-electron chi connectivity index (χ1n) is 5.06. The molecule has 4 heteroatoms. The van der Waals surface area contributed by atoms with Gasteiger partial charge in [-0.05, 0) is 25.1 Å². The Kier molecular flexibility index (Phi) is 4.05. The van der Waals surface area contributed by atoms with E-state index in [4.69, 9.17) is 0 Å². The zero-order chi connectivity index (χ0) is 12.1. The van der Waals surface area contributed by atoms with Crippen LogP contribution in [0.15, 0.2) is 18.2 Å². The Hall–Kier alpha value is -1.84. The third kappa shape index (κ3) is 2.59. The maximum atomic E-state index is 11.3. The van der Waals surface area contributed by atoms with Crippen molar-refractivity contribution in [2.24, 2.45) is 0 Å². The molecule has 0 amide bonds. The Bertz CT molecular complexity index is 429. The molecule has 1 heterocycles. The summed E-state index contributed by atoms with van der Waals surface area (Å²) in [5.74, 6) is -0.396. The lowest BCUT2D eigenvalue weighted by Crippen LogP contribution is -2.06. The van der Waals surface area contributed by atoms with Crippen molar-refractivity contribution in [2.45, 2.75) is 20.4 Å². The van der Waals surface area contributed by atoms with Gasteiger partial charge in [-0.25, -0.2) is 4.79 Å². The van der Waals surface area contributed by atoms with Crippen molar-refractivity contribution in [3.05, 3.63) is 29.6 Å². The van der Waals surface area contributed by atoms with Gasteiger partial charge in [0.2, 0.25) is 0 Å². The summed E-state index contributed by atoms with van der Waals surface area (Å²) in [7, 11) is 1.33. The molecule has 1 rings (SSSR count). The third-order valence-electron chi connectivity index (χ3n) is 2.28. The van der Waals surface area contributed by atoms with Crippen LogP contribution in [0.3, 0.4) is 0 Å². The van der Waals surface area contributed by atoms with Gasteiger partial charge in [-0.1, -0.05) is 0 Å². The number of hydrogen-bond donors (Lipinski definition) is 0. The van der Waals surface area contributed by atoms with Crippen LogP contribution in [0, 0.1) is 0 Å². The molecular weight excluding hydrogens is 206 g/mol. The highest BCUT2D eigenvalue weighted by molar-refractivity contribution is 5.93. The fraction of sp³-hybridized carbons (Fsp3) is 0.333. The highest BCUT2D eigenvalue weighted by atomic mass is 16.5. The van der Waals surface area contributed by atoms with Crippen LogP contribution in [0.5, 0.6) is 0 Å². The second-order valence-corrected chi connectivity index (χ2v) is 3.30. The number of esters is 1. The van der Waals surface area contributed by atoms with Crippen LogP contribution in [0.2, 0.25) is 0 Å². The van der Waals surface area contributed by atoms with Crippen molar-refractivity contribution < 1.29 is 14.3 Å². The van der Waals surface area contributed by atoms with Crippen LogP contribution in [0.1, 0.15) is 30.0 Å². The van der Waals surface area contributed by atoms with E-state index in [1.54, 1.807) is 18.2 Å². The fourth-order valence-electron chi connectivity index (χ4n) is 1.51. The molecule has 0 aromatic carbocycles. The highest BCUT2D eigenvalue weighted by Gasteiger charge is 2.08. The maximum absolute atomic E-state index is 11.3. The molecule has 0 radical (unpaired) electrons. The van der Waals surface area contributed by atoms with E-state index < -0.39 is 5.97 Å². The van der Waals surface area contributed by atoms with Gasteiger partial charge in [-0.3, -0.25) is 4.79 Å². The minimum Gasteiger partial charge on any atom is -0.466 e. The van der Waals surface area contributed by atoms with Crippen LogP contribution in [0.4, 0.5) is 0 Å². The SMILES string of the molecule is CCn1c(C=CC(=O)OC)ccc1C(C)=O. The lowest BCUT2D eigenvalue weighted by Gasteiger charge is -2.05. The summed E-state index contributed by atoms with van der Waals surface area (Å²) < 4.78 is 6.35. The van der Waals surface area contributed by atoms with Gasteiger partial charge in [0.25, 0.3) is 0 Å². The van der Waals surface area contributed by atoms with Crippen molar-refractivity contribution in [3.63, 3.8) is 0 Å². The number of rotatable bonds is 4. The normalized spacial score (nSPS) is 10.7. The number of carbonyl (C=O) groups excluding carboxylic acids is 2. The number of ketones is 1. The van der Waals surface area contributed by atoms with Crippen molar-refractivity contribution in [1.82, 2.24) is 4.57 Å². The Morgan fingerprint density at radius 1 is 1.44 bits per heavy atom. The summed E-state index contributed by atoms with van der Waals surface area (Å²) >= 11 is 0. The van der Waals surface area contributed by atoms with E-state index in [2.05, 4.69) is 4.74 Å². The molecule has 0 fully saturated rings. The zero-order valence-electron chi connectivity index (χ0n) is 9.69. The predicted molar refractivity (Wildman–Crippen MR) is 61.2 cm³/mol. The second kappa shape index (κ2) is 5.30. The Morgan fingerprint density at radius 3 is 2.62 bits per heavy atom. The lowest BCUT2D eigenvalue weighted by molar-refractivity contribution is -0.134. The molecule has 0 spiro atoms. The summed E-state index contributed by atoms with van der Waals surface area (Å²) in [5.41, 5.74) is 1.46. The molecule has 0 atom stereocenters. The van der Waals surface area contributed by atoms with Crippen molar-refractivity contribution in [3.8, 4) is 0 Å². The standard InChI is InChI=1S/C12H15NO3/c1-4-13-10(6-8-12(15)16-3)5-7-11(13)9(2)14/h5-8H,4H2,1-3H3. The molecule has 0 aliphatic heterocycles. The largest absolute Gasteiger partial charge is 0.466 e. The molecule has 4 nitrogen and oxygen atoms in total. The molecule has 0 saturated carbocycles. The topological polar surface area (TPSA) is 48.3 Å². The minimum atomic E-state index is -0.409. The predicted octanol–water partition coefficient (Wildman–Crippen LogP) is 1.90. The molecule has 86 valence electrons. The molecule has 0 unspecified atom stereocenters. The van der Waals surface area contributed by atoms with Crippen molar-refractivity contribution >= 4 is 17.8 Å². The van der Waals surface area contributed by atoms with E-state index in [1.165, 1.54) is 20.1 Å². The quantitative estimate of drug-likeness (QED) is 0.443. The molecule has 1 aromatic heterocycles. The maximum Gasteiger partial charge on any atom is 0.330 e. The van der Waals surface area contributed by atoms with Gasteiger partial charge in [-0.15, -0.1) is 0 Å². The number of carbonyl (C=O) groups is 2. The number of Topliss-reactive ketones (excluding diaryl/α,β-unsaturated/α-hetero) is 1. The van der Waals surface area contributed by atoms with E-state index >= 15 is 0 Å². The minimum absolute atomic E-state index is 0.0135. The zero-order valence-corrected chi connectivity index (χ0v) is 9.69. The number of ether oxygens (including phenoxy) is 1. The summed E-state index contributed by atoms with van der Waals surface area (Å²) in [4.78, 5) is 22.2. The van der Waals surface area contributed by atoms with Crippen LogP contribution < -0.4 is 0 Å². The molecule has 0 saturated heterocycles. The Labute approximate surface area is 94.5 Å². The smallest absolute Gasteiger partial charge is 0.330 e. The van der Waals surface area contributed by atoms with E-state index in [-0.39, 0.29) is 5.78 Å². The first-order chi connectivity index (χ1) is 7.60. The number of methoxy groups -OCH3 is 1. The van der Waals surface area contributed by atoms with Crippen LogP contribution in [-0.2, 0) is 16.1 Å². The monoisotopic (exact) mass is 221 g/mol. The third-order valence-corrected chi connectivity index (χ3v) is 2.28. The van der Waals surface area contributed by atoms with E-state index in [0.29, 0.717) is 12.2 Å². The molecule has 0 aliphatic carbocycles. The molecular formula is C12H15NO3. The molecule has 16 heavy (non-hydrogen) atoms. The Balaban J connectivity index is 3.02. The van der Waals surface area contributed by atoms with E-state index in [9.17, 15) is 9.59 Å². The van der Waals surface area contributed by atoms with Crippen LogP contribution in [0.25, 0.3) is 6.08 Å². The molecule has 0 bridgehead atoms. The van der Waals surface area contributed by atoms with Crippen LogP contribution >= 0.6 is 0 Å². The van der Waals surface area contributed by atoms with Gasteiger partial charge >= 0.3 is 5.97 Å². The summed E-state index contributed by atoms with van der Waals surface area (Å²) in [6.07, 6.45) is 2.98. The summed E-state index contributed by atoms with van der Waals surface area (Å²) in [6, 6.07) is 3.56. The van der Waals surface area contributed by atoms with Gasteiger partial charge in [-0.2, -0.15) is 0 Å². The summed E-state index contributed by atoms with van der Waals surface area (Å²) in [5, 5.41) is 0. The van der Waals surface area contributed by atoms with E-state index in [0.717, 1.165) is 5.69 Å². The highest BCUT2D eigenvalue weighted by Crippen LogP contribution is 2.11. The molecule has 0 aliphatic rings. The molecule has 1 aromatic rings. The Morgan fingerprint density at radius 2 is 2.12 bits per heavy atom. The summed E-state index contributed by atoms with van der Waals surface area (Å²) in [6.45, 7) is 4.15. The lowest BCUT2D eigenvalue weighted by atomic mass is 10.3. The van der Waals surface area contributed by atoms with E-state index in [1.807, 2.05) is 11.5 Å². The fourth-order valence-corrected chi connectivity index (χ4v) is 1.51. The second-order valence-electron chi connectivity index (χ2n) is 3.30. The number of hydrogen-bond acceptors (Lipinski definition) is 3. The first-order valence-corrected chi connectivity index (χ1v) is 5.06. The number of nitrogens with zero attached hydrogens (tertiary/aromatic N) is 1. The molecule has 0 N–H and O–H groups in total.